The molecule has 0 radical (unpaired) electrons. The van der Waals surface area contributed by atoms with E-state index in [1.165, 1.54) is 19.3 Å². The van der Waals surface area contributed by atoms with Crippen molar-refractivity contribution in [2.75, 3.05) is 18.0 Å². The SMILES string of the molecule is CC1CCCN(c2cncc(CO)n2)CC1. The number of rotatable bonds is 2. The lowest BCUT2D eigenvalue weighted by Gasteiger charge is -2.21. The molecule has 1 fully saturated rings. The summed E-state index contributed by atoms with van der Waals surface area (Å²) in [5.74, 6) is 1.71. The Bertz CT molecular complexity index is 343. The Hall–Kier alpha value is -1.16. The maximum absolute atomic E-state index is 9.04. The second kappa shape index (κ2) is 5.25. The first-order valence-electron chi connectivity index (χ1n) is 5.96. The van der Waals surface area contributed by atoms with E-state index in [1.807, 2.05) is 0 Å². The summed E-state index contributed by atoms with van der Waals surface area (Å²) in [6.07, 6.45) is 7.12. The number of anilines is 1. The molecular weight excluding hydrogens is 202 g/mol. The normalized spacial score (nSPS) is 21.9. The number of aromatic nitrogens is 2. The van der Waals surface area contributed by atoms with Crippen LogP contribution in [0.3, 0.4) is 0 Å². The quantitative estimate of drug-likeness (QED) is 0.824. The van der Waals surface area contributed by atoms with Gasteiger partial charge in [-0.1, -0.05) is 6.92 Å². The summed E-state index contributed by atoms with van der Waals surface area (Å²) in [6.45, 7) is 4.36. The van der Waals surface area contributed by atoms with E-state index < -0.39 is 0 Å². The minimum Gasteiger partial charge on any atom is -0.390 e. The third-order valence-electron chi connectivity index (χ3n) is 3.17. The molecule has 0 aromatic carbocycles. The van der Waals surface area contributed by atoms with Crippen molar-refractivity contribution in [3.05, 3.63) is 18.1 Å². The number of aliphatic hydroxyl groups is 1. The predicted molar refractivity (Wildman–Crippen MR) is 63.2 cm³/mol. The van der Waals surface area contributed by atoms with Gasteiger partial charge in [0, 0.05) is 13.1 Å². The molecule has 1 aliphatic rings. The molecule has 1 aromatic heterocycles. The van der Waals surface area contributed by atoms with Gasteiger partial charge in [-0.25, -0.2) is 4.98 Å². The molecule has 0 saturated carbocycles. The minimum atomic E-state index is -0.0366. The summed E-state index contributed by atoms with van der Waals surface area (Å²) >= 11 is 0. The van der Waals surface area contributed by atoms with Crippen LogP contribution in [0.4, 0.5) is 5.82 Å². The Labute approximate surface area is 96.3 Å². The third kappa shape index (κ3) is 2.70. The van der Waals surface area contributed by atoms with Gasteiger partial charge in [-0.3, -0.25) is 4.98 Å². The van der Waals surface area contributed by atoms with Gasteiger partial charge in [0.15, 0.2) is 0 Å². The predicted octanol–water partition coefficient (Wildman–Crippen LogP) is 1.60. The Balaban J connectivity index is 2.10. The van der Waals surface area contributed by atoms with Gasteiger partial charge in [-0.2, -0.15) is 0 Å². The Morgan fingerprint density at radius 1 is 1.38 bits per heavy atom. The van der Waals surface area contributed by atoms with Crippen LogP contribution in [-0.2, 0) is 6.61 Å². The number of nitrogens with zero attached hydrogens (tertiary/aromatic N) is 3. The molecule has 1 atom stereocenters. The number of aliphatic hydroxyl groups excluding tert-OH is 1. The van der Waals surface area contributed by atoms with Crippen molar-refractivity contribution in [3.63, 3.8) is 0 Å². The van der Waals surface area contributed by atoms with Gasteiger partial charge < -0.3 is 10.0 Å². The van der Waals surface area contributed by atoms with Crippen molar-refractivity contribution in [2.45, 2.75) is 32.8 Å². The van der Waals surface area contributed by atoms with Crippen LogP contribution in [0.1, 0.15) is 31.9 Å². The molecule has 1 unspecified atom stereocenters. The van der Waals surface area contributed by atoms with Crippen LogP contribution in [0.25, 0.3) is 0 Å². The number of hydrogen-bond acceptors (Lipinski definition) is 4. The van der Waals surface area contributed by atoms with Crippen molar-refractivity contribution in [1.29, 1.82) is 0 Å². The highest BCUT2D eigenvalue weighted by Gasteiger charge is 2.15. The summed E-state index contributed by atoms with van der Waals surface area (Å²) in [5.41, 5.74) is 0.648. The Kier molecular flexibility index (Phi) is 3.72. The largest absolute Gasteiger partial charge is 0.390 e. The Morgan fingerprint density at radius 3 is 3.06 bits per heavy atom. The van der Waals surface area contributed by atoms with Crippen LogP contribution >= 0.6 is 0 Å². The van der Waals surface area contributed by atoms with E-state index in [0.29, 0.717) is 5.69 Å². The van der Waals surface area contributed by atoms with Crippen molar-refractivity contribution < 1.29 is 5.11 Å². The lowest BCUT2D eigenvalue weighted by molar-refractivity contribution is 0.276. The van der Waals surface area contributed by atoms with Gasteiger partial charge in [-0.15, -0.1) is 0 Å². The first kappa shape index (κ1) is 11.3. The van der Waals surface area contributed by atoms with E-state index in [4.69, 9.17) is 5.11 Å². The van der Waals surface area contributed by atoms with Crippen molar-refractivity contribution >= 4 is 5.82 Å². The fraction of sp³-hybridized carbons (Fsp3) is 0.667. The van der Waals surface area contributed by atoms with Crippen LogP contribution in [0.5, 0.6) is 0 Å². The van der Waals surface area contributed by atoms with Gasteiger partial charge in [0.2, 0.25) is 0 Å². The summed E-state index contributed by atoms with van der Waals surface area (Å²) in [7, 11) is 0. The summed E-state index contributed by atoms with van der Waals surface area (Å²) < 4.78 is 0. The molecule has 1 aromatic rings. The zero-order valence-corrected chi connectivity index (χ0v) is 9.76. The molecule has 4 heteroatoms. The fourth-order valence-corrected chi connectivity index (χ4v) is 2.12. The highest BCUT2D eigenvalue weighted by Crippen LogP contribution is 2.20. The average molecular weight is 221 g/mol. The zero-order chi connectivity index (χ0) is 11.4. The molecule has 16 heavy (non-hydrogen) atoms. The third-order valence-corrected chi connectivity index (χ3v) is 3.17. The number of hydrogen-bond donors (Lipinski definition) is 1. The van der Waals surface area contributed by atoms with Crippen LogP contribution < -0.4 is 4.90 Å². The second-order valence-corrected chi connectivity index (χ2v) is 4.55. The topological polar surface area (TPSA) is 49.2 Å². The van der Waals surface area contributed by atoms with Crippen LogP contribution in [0.15, 0.2) is 12.4 Å². The second-order valence-electron chi connectivity index (χ2n) is 4.55. The fourth-order valence-electron chi connectivity index (χ4n) is 2.12. The summed E-state index contributed by atoms with van der Waals surface area (Å²) in [6, 6.07) is 0. The standard InChI is InChI=1S/C12H19N3O/c1-10-3-2-5-15(6-4-10)12-8-13-7-11(9-16)14-12/h7-8,10,16H,2-6,9H2,1H3. The van der Waals surface area contributed by atoms with Gasteiger partial charge >= 0.3 is 0 Å². The summed E-state index contributed by atoms with van der Waals surface area (Å²) in [4.78, 5) is 10.8. The molecule has 0 amide bonds. The smallest absolute Gasteiger partial charge is 0.147 e. The minimum absolute atomic E-state index is 0.0366. The van der Waals surface area contributed by atoms with Gasteiger partial charge in [0.05, 0.1) is 24.7 Å². The molecule has 1 saturated heterocycles. The van der Waals surface area contributed by atoms with E-state index in [9.17, 15) is 0 Å². The van der Waals surface area contributed by atoms with Crippen LogP contribution in [0, 0.1) is 5.92 Å². The first-order valence-corrected chi connectivity index (χ1v) is 5.96. The van der Waals surface area contributed by atoms with Crippen molar-refractivity contribution in [3.8, 4) is 0 Å². The first-order chi connectivity index (χ1) is 7.79. The van der Waals surface area contributed by atoms with Gasteiger partial charge in [-0.05, 0) is 25.2 Å². The maximum Gasteiger partial charge on any atom is 0.147 e. The molecule has 4 nitrogen and oxygen atoms in total. The molecule has 0 bridgehead atoms. The molecular formula is C12H19N3O. The van der Waals surface area contributed by atoms with Crippen LogP contribution in [-0.4, -0.2) is 28.2 Å². The van der Waals surface area contributed by atoms with Gasteiger partial charge in [0.25, 0.3) is 0 Å². The molecule has 1 aliphatic heterocycles. The average Bonchev–Trinajstić information content (AvgIpc) is 2.54. The zero-order valence-electron chi connectivity index (χ0n) is 9.76. The summed E-state index contributed by atoms with van der Waals surface area (Å²) in [5, 5.41) is 9.04. The van der Waals surface area contributed by atoms with E-state index in [-0.39, 0.29) is 6.61 Å². The maximum atomic E-state index is 9.04. The van der Waals surface area contributed by atoms with E-state index >= 15 is 0 Å². The highest BCUT2D eigenvalue weighted by atomic mass is 16.3. The molecule has 2 heterocycles. The van der Waals surface area contributed by atoms with Gasteiger partial charge in [0.1, 0.15) is 5.82 Å². The monoisotopic (exact) mass is 221 g/mol. The van der Waals surface area contributed by atoms with Crippen molar-refractivity contribution in [1.82, 2.24) is 9.97 Å². The van der Waals surface area contributed by atoms with Crippen molar-refractivity contribution in [2.24, 2.45) is 5.92 Å². The van der Waals surface area contributed by atoms with E-state index in [2.05, 4.69) is 21.8 Å². The lowest BCUT2D eigenvalue weighted by atomic mass is 10.0. The molecule has 0 spiro atoms. The molecule has 0 aliphatic carbocycles. The van der Waals surface area contributed by atoms with E-state index in [0.717, 1.165) is 24.8 Å². The Morgan fingerprint density at radius 2 is 2.25 bits per heavy atom. The van der Waals surface area contributed by atoms with E-state index in [1.54, 1.807) is 12.4 Å². The highest BCUT2D eigenvalue weighted by molar-refractivity contribution is 5.36. The molecule has 1 N–H and O–H groups in total. The molecule has 88 valence electrons. The lowest BCUT2D eigenvalue weighted by Crippen LogP contribution is -2.25. The molecule has 2 rings (SSSR count). The van der Waals surface area contributed by atoms with Crippen LogP contribution in [0.2, 0.25) is 0 Å².